The van der Waals surface area contributed by atoms with E-state index in [1.54, 1.807) is 0 Å². The van der Waals surface area contributed by atoms with Gasteiger partial charge >= 0.3 is 0 Å². The fraction of sp³-hybridized carbons (Fsp3) is 0.533. The summed E-state index contributed by atoms with van der Waals surface area (Å²) in [6.45, 7) is 5.16. The van der Waals surface area contributed by atoms with E-state index in [2.05, 4.69) is 35.9 Å². The van der Waals surface area contributed by atoms with Gasteiger partial charge in [-0.1, -0.05) is 6.07 Å². The molecular weight excluding hydrogens is 276 g/mol. The van der Waals surface area contributed by atoms with E-state index in [0.29, 0.717) is 4.75 Å². The van der Waals surface area contributed by atoms with Gasteiger partial charge in [0, 0.05) is 11.3 Å². The first kappa shape index (κ1) is 13.3. The topological polar surface area (TPSA) is 17.8 Å². The lowest BCUT2D eigenvalue weighted by Crippen LogP contribution is -2.16. The number of benzene rings is 1. The molecule has 2 nitrogen and oxygen atoms in total. The maximum atomic E-state index is 6.32. The molecule has 0 aliphatic heterocycles. The van der Waals surface area contributed by atoms with E-state index in [9.17, 15) is 0 Å². The maximum absolute atomic E-state index is 6.32. The summed E-state index contributed by atoms with van der Waals surface area (Å²) in [6, 6.07) is 6.44. The molecule has 1 atom stereocenters. The van der Waals surface area contributed by atoms with Crippen molar-refractivity contribution in [1.82, 2.24) is 9.55 Å². The normalized spacial score (nSPS) is 18.7. The zero-order valence-electron chi connectivity index (χ0n) is 11.6. The number of halogens is 1. The van der Waals surface area contributed by atoms with E-state index < -0.39 is 0 Å². The van der Waals surface area contributed by atoms with Gasteiger partial charge in [-0.05, 0) is 50.6 Å². The van der Waals surface area contributed by atoms with Gasteiger partial charge in [0.05, 0.1) is 16.4 Å². The zero-order valence-corrected chi connectivity index (χ0v) is 13.2. The van der Waals surface area contributed by atoms with E-state index in [0.717, 1.165) is 17.9 Å². The first-order valence-corrected chi connectivity index (χ1v) is 8.37. The van der Waals surface area contributed by atoms with E-state index in [4.69, 9.17) is 16.6 Å². The number of hydrogen-bond donors (Lipinski definition) is 0. The molecule has 1 aliphatic carbocycles. The van der Waals surface area contributed by atoms with Gasteiger partial charge in [0.2, 0.25) is 0 Å². The molecule has 3 rings (SSSR count). The van der Waals surface area contributed by atoms with E-state index in [1.165, 1.54) is 23.9 Å². The second-order valence-electron chi connectivity index (χ2n) is 5.55. The Kier molecular flexibility index (Phi) is 3.30. The van der Waals surface area contributed by atoms with Gasteiger partial charge in [-0.3, -0.25) is 0 Å². The molecule has 0 spiro atoms. The fourth-order valence-corrected chi connectivity index (χ4v) is 3.51. The molecule has 0 amide bonds. The summed E-state index contributed by atoms with van der Waals surface area (Å²) >= 11 is 8.30. The van der Waals surface area contributed by atoms with Crippen molar-refractivity contribution in [2.75, 3.05) is 6.26 Å². The highest BCUT2D eigenvalue weighted by atomic mass is 35.5. The summed E-state index contributed by atoms with van der Waals surface area (Å²) in [6.07, 6.45) is 4.81. The van der Waals surface area contributed by atoms with Crippen LogP contribution in [0.3, 0.4) is 0 Å². The van der Waals surface area contributed by atoms with Gasteiger partial charge in [0.15, 0.2) is 0 Å². The molecule has 0 bridgehead atoms. The lowest BCUT2D eigenvalue weighted by atomic mass is 10.2. The van der Waals surface area contributed by atoms with Crippen LogP contribution in [-0.2, 0) is 6.54 Å². The van der Waals surface area contributed by atoms with Crippen molar-refractivity contribution in [3.8, 4) is 0 Å². The Bertz CT molecular complexity index is 614. The number of thioether (sulfide) groups is 1. The molecule has 1 saturated carbocycles. The van der Waals surface area contributed by atoms with Crippen molar-refractivity contribution in [2.24, 2.45) is 0 Å². The lowest BCUT2D eigenvalue weighted by Gasteiger charge is -2.17. The van der Waals surface area contributed by atoms with Gasteiger partial charge in [0.1, 0.15) is 5.82 Å². The molecule has 0 radical (unpaired) electrons. The Morgan fingerprint density at radius 2 is 2.21 bits per heavy atom. The number of alkyl halides is 1. The van der Waals surface area contributed by atoms with Crippen LogP contribution in [0.5, 0.6) is 0 Å². The Hall–Kier alpha value is -0.670. The largest absolute Gasteiger partial charge is 0.325 e. The van der Waals surface area contributed by atoms with Crippen molar-refractivity contribution in [1.29, 1.82) is 0 Å². The maximum Gasteiger partial charge on any atom is 0.127 e. The number of fused-ring (bicyclic) bond motifs is 1. The van der Waals surface area contributed by atoms with Crippen LogP contribution in [0, 0.1) is 6.92 Å². The summed E-state index contributed by atoms with van der Waals surface area (Å²) in [5.74, 6) is 1.00. The quantitative estimate of drug-likeness (QED) is 0.771. The minimum absolute atomic E-state index is 0.0506. The molecule has 2 aromatic rings. The molecule has 19 heavy (non-hydrogen) atoms. The average molecular weight is 295 g/mol. The minimum atomic E-state index is -0.0506. The second-order valence-corrected chi connectivity index (χ2v) is 7.48. The summed E-state index contributed by atoms with van der Waals surface area (Å²) < 4.78 is 2.75. The molecule has 1 fully saturated rings. The summed E-state index contributed by atoms with van der Waals surface area (Å²) in [5.41, 5.74) is 3.56. The molecule has 4 heteroatoms. The van der Waals surface area contributed by atoms with E-state index in [1.807, 2.05) is 18.7 Å². The molecular formula is C15H19ClN2S. The standard InChI is InChI=1S/C15H19ClN2S/c1-10-4-5-12-13(8-10)18(14(17-12)11(2)16)9-15(19-3)6-7-15/h4-5,8,11H,6-7,9H2,1-3H3. The Labute approximate surface area is 123 Å². The smallest absolute Gasteiger partial charge is 0.127 e. The number of rotatable bonds is 4. The summed E-state index contributed by atoms with van der Waals surface area (Å²) in [4.78, 5) is 4.72. The number of aromatic nitrogens is 2. The van der Waals surface area contributed by atoms with Crippen molar-refractivity contribution in [2.45, 2.75) is 43.4 Å². The third-order valence-electron chi connectivity index (χ3n) is 3.98. The highest BCUT2D eigenvalue weighted by Gasteiger charge is 2.43. The minimum Gasteiger partial charge on any atom is -0.325 e. The van der Waals surface area contributed by atoms with Crippen LogP contribution in [0.1, 0.15) is 36.5 Å². The Morgan fingerprint density at radius 1 is 1.47 bits per heavy atom. The van der Waals surface area contributed by atoms with Gasteiger partial charge in [-0.25, -0.2) is 4.98 Å². The summed E-state index contributed by atoms with van der Waals surface area (Å²) in [7, 11) is 0. The highest BCUT2D eigenvalue weighted by molar-refractivity contribution is 8.00. The molecule has 1 heterocycles. The predicted octanol–water partition coefficient (Wildman–Crippen LogP) is 4.54. The third kappa shape index (κ3) is 2.38. The van der Waals surface area contributed by atoms with Crippen LogP contribution in [0.25, 0.3) is 11.0 Å². The highest BCUT2D eigenvalue weighted by Crippen LogP contribution is 2.49. The van der Waals surface area contributed by atoms with Crippen LogP contribution in [-0.4, -0.2) is 20.6 Å². The van der Waals surface area contributed by atoms with Crippen LogP contribution in [0.2, 0.25) is 0 Å². The first-order chi connectivity index (χ1) is 9.04. The molecule has 1 unspecified atom stereocenters. The van der Waals surface area contributed by atoms with Crippen LogP contribution < -0.4 is 0 Å². The van der Waals surface area contributed by atoms with Crippen molar-refractivity contribution in [3.63, 3.8) is 0 Å². The number of hydrogen-bond acceptors (Lipinski definition) is 2. The van der Waals surface area contributed by atoms with Gasteiger partial charge in [-0.2, -0.15) is 11.8 Å². The second kappa shape index (κ2) is 4.71. The fourth-order valence-electron chi connectivity index (χ4n) is 2.58. The van der Waals surface area contributed by atoms with Crippen molar-refractivity contribution < 1.29 is 0 Å². The zero-order chi connectivity index (χ0) is 13.6. The Morgan fingerprint density at radius 3 is 2.79 bits per heavy atom. The molecule has 1 aromatic carbocycles. The third-order valence-corrected chi connectivity index (χ3v) is 5.57. The van der Waals surface area contributed by atoms with E-state index >= 15 is 0 Å². The average Bonchev–Trinajstić information content (AvgIpc) is 3.07. The molecule has 1 aromatic heterocycles. The lowest BCUT2D eigenvalue weighted by molar-refractivity contribution is 0.639. The van der Waals surface area contributed by atoms with Crippen molar-refractivity contribution >= 4 is 34.4 Å². The van der Waals surface area contributed by atoms with Gasteiger partial charge in [0.25, 0.3) is 0 Å². The monoisotopic (exact) mass is 294 g/mol. The summed E-state index contributed by atoms with van der Waals surface area (Å²) in [5, 5.41) is -0.0506. The van der Waals surface area contributed by atoms with Gasteiger partial charge < -0.3 is 4.57 Å². The molecule has 102 valence electrons. The number of aryl methyl sites for hydroxylation is 1. The molecule has 0 N–H and O–H groups in total. The molecule has 0 saturated heterocycles. The van der Waals surface area contributed by atoms with E-state index in [-0.39, 0.29) is 5.38 Å². The first-order valence-electron chi connectivity index (χ1n) is 6.71. The van der Waals surface area contributed by atoms with Crippen molar-refractivity contribution in [3.05, 3.63) is 29.6 Å². The predicted molar refractivity (Wildman–Crippen MR) is 84.2 cm³/mol. The number of imidazole rings is 1. The van der Waals surface area contributed by atoms with Crippen LogP contribution in [0.4, 0.5) is 0 Å². The number of nitrogens with zero attached hydrogens (tertiary/aromatic N) is 2. The Balaban J connectivity index is 2.13. The molecule has 1 aliphatic rings. The van der Waals surface area contributed by atoms with Crippen LogP contribution >= 0.6 is 23.4 Å². The SMILES string of the molecule is CSC1(Cn2c(C(C)Cl)nc3ccc(C)cc32)CC1. The van der Waals surface area contributed by atoms with Gasteiger partial charge in [-0.15, -0.1) is 11.6 Å². The van der Waals surface area contributed by atoms with Crippen LogP contribution in [0.15, 0.2) is 18.2 Å².